The Balaban J connectivity index is 2.76. The van der Waals surface area contributed by atoms with Crippen molar-refractivity contribution in [2.45, 2.75) is 0 Å². The van der Waals surface area contributed by atoms with Gasteiger partial charge in [0.15, 0.2) is 0 Å². The Hall–Kier alpha value is -2.17. The molecule has 0 spiro atoms. The van der Waals surface area contributed by atoms with E-state index < -0.39 is 4.92 Å². The zero-order chi connectivity index (χ0) is 12.1. The summed E-state index contributed by atoms with van der Waals surface area (Å²) in [6, 6.07) is 5.99. The van der Waals surface area contributed by atoms with Gasteiger partial charge in [0.1, 0.15) is 0 Å². The van der Waals surface area contributed by atoms with Gasteiger partial charge in [0.2, 0.25) is 5.91 Å². The first-order valence-electron chi connectivity index (χ1n) is 4.64. The van der Waals surface area contributed by atoms with Crippen molar-refractivity contribution in [3.05, 3.63) is 46.0 Å². The highest BCUT2D eigenvalue weighted by molar-refractivity contribution is 5.91. The van der Waals surface area contributed by atoms with Crippen molar-refractivity contribution in [3.8, 4) is 0 Å². The summed E-state index contributed by atoms with van der Waals surface area (Å²) in [6.45, 7) is 0. The molecule has 0 fully saturated rings. The van der Waals surface area contributed by atoms with Crippen LogP contribution in [0.1, 0.15) is 5.56 Å². The van der Waals surface area contributed by atoms with Gasteiger partial charge in [-0.15, -0.1) is 0 Å². The van der Waals surface area contributed by atoms with Crippen LogP contribution in [-0.4, -0.2) is 29.8 Å². The number of nitrogens with zero attached hydrogens (tertiary/aromatic N) is 2. The zero-order valence-corrected chi connectivity index (χ0v) is 9.08. The van der Waals surface area contributed by atoms with E-state index in [1.54, 1.807) is 32.3 Å². The normalized spacial score (nSPS) is 10.4. The highest BCUT2D eigenvalue weighted by Crippen LogP contribution is 2.12. The first kappa shape index (κ1) is 11.9. The number of carbonyl (C=O) groups excluding carboxylic acids is 1. The van der Waals surface area contributed by atoms with Crippen LogP contribution in [0.25, 0.3) is 6.08 Å². The van der Waals surface area contributed by atoms with Gasteiger partial charge in [0.25, 0.3) is 5.69 Å². The summed E-state index contributed by atoms with van der Waals surface area (Å²) in [5.74, 6) is -0.127. The molecule has 0 aliphatic heterocycles. The van der Waals surface area contributed by atoms with Crippen LogP contribution in [0.2, 0.25) is 0 Å². The summed E-state index contributed by atoms with van der Waals surface area (Å²) in [7, 11) is 3.31. The monoisotopic (exact) mass is 220 g/mol. The molecule has 5 nitrogen and oxygen atoms in total. The van der Waals surface area contributed by atoms with Crippen molar-refractivity contribution in [1.29, 1.82) is 0 Å². The van der Waals surface area contributed by atoms with E-state index in [0.29, 0.717) is 0 Å². The van der Waals surface area contributed by atoms with Gasteiger partial charge in [-0.05, 0) is 23.8 Å². The zero-order valence-electron chi connectivity index (χ0n) is 9.08. The molecule has 0 bridgehead atoms. The third kappa shape index (κ3) is 3.20. The fourth-order valence-corrected chi connectivity index (χ4v) is 1.02. The number of hydrogen-bond acceptors (Lipinski definition) is 3. The Kier molecular flexibility index (Phi) is 3.77. The molecule has 5 heteroatoms. The topological polar surface area (TPSA) is 63.5 Å². The van der Waals surface area contributed by atoms with Crippen LogP contribution in [0.3, 0.4) is 0 Å². The smallest absolute Gasteiger partial charge is 0.269 e. The molecular weight excluding hydrogens is 208 g/mol. The van der Waals surface area contributed by atoms with E-state index in [-0.39, 0.29) is 11.6 Å². The van der Waals surface area contributed by atoms with Crippen molar-refractivity contribution in [2.75, 3.05) is 14.1 Å². The van der Waals surface area contributed by atoms with Gasteiger partial charge < -0.3 is 4.90 Å². The molecule has 0 saturated carbocycles. The van der Waals surface area contributed by atoms with Crippen LogP contribution in [-0.2, 0) is 4.79 Å². The molecule has 1 aromatic rings. The first-order valence-corrected chi connectivity index (χ1v) is 4.64. The Morgan fingerprint density at radius 3 is 2.31 bits per heavy atom. The number of hydrogen-bond donors (Lipinski definition) is 0. The second kappa shape index (κ2) is 5.06. The molecule has 0 aromatic heterocycles. The minimum atomic E-state index is -0.460. The summed E-state index contributed by atoms with van der Waals surface area (Å²) in [5, 5.41) is 10.4. The second-order valence-electron chi connectivity index (χ2n) is 3.41. The second-order valence-corrected chi connectivity index (χ2v) is 3.41. The predicted molar refractivity (Wildman–Crippen MR) is 60.8 cm³/mol. The Labute approximate surface area is 93.1 Å². The highest BCUT2D eigenvalue weighted by atomic mass is 16.6. The fourth-order valence-electron chi connectivity index (χ4n) is 1.02. The van der Waals surface area contributed by atoms with E-state index in [2.05, 4.69) is 0 Å². The number of benzene rings is 1. The SMILES string of the molecule is CN(C)C(=O)C=Cc1ccc([N+](=O)[O-])cc1. The van der Waals surface area contributed by atoms with Gasteiger partial charge in [-0.2, -0.15) is 0 Å². The number of amides is 1. The van der Waals surface area contributed by atoms with Crippen molar-refractivity contribution >= 4 is 17.7 Å². The summed E-state index contributed by atoms with van der Waals surface area (Å²) < 4.78 is 0. The lowest BCUT2D eigenvalue weighted by molar-refractivity contribution is -0.384. The van der Waals surface area contributed by atoms with Gasteiger partial charge in [-0.25, -0.2) is 0 Å². The first-order chi connectivity index (χ1) is 7.50. The molecule has 1 rings (SSSR count). The molecule has 0 unspecified atom stereocenters. The van der Waals surface area contributed by atoms with E-state index in [9.17, 15) is 14.9 Å². The lowest BCUT2D eigenvalue weighted by Gasteiger charge is -2.04. The standard InChI is InChI=1S/C11H12N2O3/c1-12(2)11(14)8-5-9-3-6-10(7-4-9)13(15)16/h3-8H,1-2H3. The Bertz CT molecular complexity index is 421. The summed E-state index contributed by atoms with van der Waals surface area (Å²) in [5.41, 5.74) is 0.789. The van der Waals surface area contributed by atoms with E-state index in [4.69, 9.17) is 0 Å². The van der Waals surface area contributed by atoms with Crippen LogP contribution in [0.5, 0.6) is 0 Å². The van der Waals surface area contributed by atoms with Crippen molar-refractivity contribution in [2.24, 2.45) is 0 Å². The van der Waals surface area contributed by atoms with Gasteiger partial charge in [-0.1, -0.05) is 0 Å². The number of nitro benzene ring substituents is 1. The largest absolute Gasteiger partial charge is 0.345 e. The molecule has 0 aliphatic rings. The number of rotatable bonds is 3. The number of carbonyl (C=O) groups is 1. The Morgan fingerprint density at radius 2 is 1.88 bits per heavy atom. The molecule has 0 N–H and O–H groups in total. The summed E-state index contributed by atoms with van der Waals surface area (Å²) in [6.07, 6.45) is 3.03. The maximum Gasteiger partial charge on any atom is 0.269 e. The maximum atomic E-state index is 11.2. The van der Waals surface area contributed by atoms with E-state index in [1.807, 2.05) is 0 Å². The van der Waals surface area contributed by atoms with E-state index in [1.165, 1.54) is 23.1 Å². The minimum absolute atomic E-state index is 0.0380. The molecular formula is C11H12N2O3. The predicted octanol–water partition coefficient (Wildman–Crippen LogP) is 1.70. The summed E-state index contributed by atoms with van der Waals surface area (Å²) >= 11 is 0. The average molecular weight is 220 g/mol. The van der Waals surface area contributed by atoms with Crippen LogP contribution < -0.4 is 0 Å². The quantitative estimate of drug-likeness (QED) is 0.442. The lowest BCUT2D eigenvalue weighted by Crippen LogP contribution is -2.18. The molecule has 0 saturated heterocycles. The van der Waals surface area contributed by atoms with Crippen LogP contribution in [0, 0.1) is 10.1 Å². The van der Waals surface area contributed by atoms with Gasteiger partial charge in [-0.3, -0.25) is 14.9 Å². The Morgan fingerprint density at radius 1 is 1.31 bits per heavy atom. The number of likely N-dealkylation sites (N-methyl/N-ethyl adjacent to an activating group) is 1. The van der Waals surface area contributed by atoms with Crippen LogP contribution >= 0.6 is 0 Å². The molecule has 84 valence electrons. The summed E-state index contributed by atoms with van der Waals surface area (Å²) in [4.78, 5) is 22.6. The van der Waals surface area contributed by atoms with E-state index in [0.717, 1.165) is 5.56 Å². The van der Waals surface area contributed by atoms with Gasteiger partial charge in [0.05, 0.1) is 4.92 Å². The van der Waals surface area contributed by atoms with Crippen LogP contribution in [0.15, 0.2) is 30.3 Å². The van der Waals surface area contributed by atoms with Crippen LogP contribution in [0.4, 0.5) is 5.69 Å². The molecule has 0 atom stereocenters. The average Bonchev–Trinajstić information content (AvgIpc) is 2.26. The molecule has 1 amide bonds. The molecule has 1 aromatic carbocycles. The number of nitro groups is 1. The van der Waals surface area contributed by atoms with Crippen molar-refractivity contribution in [1.82, 2.24) is 4.90 Å². The fraction of sp³-hybridized carbons (Fsp3) is 0.182. The lowest BCUT2D eigenvalue weighted by atomic mass is 10.2. The molecule has 0 aliphatic carbocycles. The molecule has 16 heavy (non-hydrogen) atoms. The van der Waals surface area contributed by atoms with Gasteiger partial charge in [0, 0.05) is 32.3 Å². The maximum absolute atomic E-state index is 11.2. The highest BCUT2D eigenvalue weighted by Gasteiger charge is 2.02. The number of non-ortho nitro benzene ring substituents is 1. The third-order valence-corrected chi connectivity index (χ3v) is 1.96. The third-order valence-electron chi connectivity index (χ3n) is 1.96. The van der Waals surface area contributed by atoms with Crippen molar-refractivity contribution in [3.63, 3.8) is 0 Å². The van der Waals surface area contributed by atoms with Crippen molar-refractivity contribution < 1.29 is 9.72 Å². The van der Waals surface area contributed by atoms with Gasteiger partial charge >= 0.3 is 0 Å². The molecule has 0 heterocycles. The minimum Gasteiger partial charge on any atom is -0.345 e. The molecule has 0 radical (unpaired) electrons. The van der Waals surface area contributed by atoms with E-state index >= 15 is 0 Å².